The average molecular weight is 288 g/mol. The van der Waals surface area contributed by atoms with E-state index < -0.39 is 0 Å². The Labute approximate surface area is 124 Å². The van der Waals surface area contributed by atoms with E-state index in [9.17, 15) is 9.90 Å². The van der Waals surface area contributed by atoms with E-state index >= 15 is 0 Å². The number of ether oxygens (including phenoxy) is 2. The molecule has 112 valence electrons. The van der Waals surface area contributed by atoms with Gasteiger partial charge in [0.2, 0.25) is 0 Å². The fourth-order valence-corrected chi connectivity index (χ4v) is 2.42. The fraction of sp³-hybridized carbons (Fsp3) is 0.353. The van der Waals surface area contributed by atoms with Crippen molar-refractivity contribution in [3.8, 4) is 11.5 Å². The molecule has 1 aromatic carbocycles. The van der Waals surface area contributed by atoms with Gasteiger partial charge in [0.15, 0.2) is 11.5 Å². The predicted octanol–water partition coefficient (Wildman–Crippen LogP) is 3.59. The van der Waals surface area contributed by atoms with E-state index in [1.807, 2.05) is 39.0 Å². The van der Waals surface area contributed by atoms with Crippen molar-refractivity contribution in [2.24, 2.45) is 0 Å². The molecule has 0 spiro atoms. The van der Waals surface area contributed by atoms with Crippen molar-refractivity contribution in [2.45, 2.75) is 33.1 Å². The summed E-state index contributed by atoms with van der Waals surface area (Å²) in [7, 11) is 1.55. The zero-order chi connectivity index (χ0) is 15.6. The molecule has 0 fully saturated rings. The molecular weight excluding hydrogens is 268 g/mol. The normalized spacial score (nSPS) is 17.6. The van der Waals surface area contributed by atoms with E-state index in [0.717, 1.165) is 16.7 Å². The summed E-state index contributed by atoms with van der Waals surface area (Å²) in [4.78, 5) is 11.2. The lowest BCUT2D eigenvalue weighted by Gasteiger charge is -2.16. The molecule has 1 unspecified atom stereocenters. The number of esters is 1. The van der Waals surface area contributed by atoms with Crippen LogP contribution in [0, 0.1) is 6.92 Å². The Bertz CT molecular complexity index is 626. The van der Waals surface area contributed by atoms with E-state index in [0.29, 0.717) is 17.9 Å². The number of carbonyl (C=O) groups is 1. The van der Waals surface area contributed by atoms with Crippen LogP contribution in [0.3, 0.4) is 0 Å². The molecule has 4 heteroatoms. The second kappa shape index (κ2) is 6.04. The molecular formula is C17H20O4. The first-order chi connectivity index (χ1) is 9.93. The number of hydrogen-bond acceptors (Lipinski definition) is 4. The van der Waals surface area contributed by atoms with Crippen molar-refractivity contribution in [1.82, 2.24) is 0 Å². The molecule has 4 nitrogen and oxygen atoms in total. The molecule has 1 atom stereocenters. The van der Waals surface area contributed by atoms with E-state index in [-0.39, 0.29) is 17.6 Å². The predicted molar refractivity (Wildman–Crippen MR) is 80.4 cm³/mol. The van der Waals surface area contributed by atoms with Gasteiger partial charge in [-0.15, -0.1) is 0 Å². The molecule has 1 aromatic rings. The second-order valence-electron chi connectivity index (χ2n) is 5.31. The number of aryl methyl sites for hydroxylation is 1. The molecule has 1 aliphatic rings. The minimum atomic E-state index is -0.328. The second-order valence-corrected chi connectivity index (χ2v) is 5.31. The van der Waals surface area contributed by atoms with Crippen molar-refractivity contribution in [3.05, 3.63) is 46.7 Å². The molecule has 0 aliphatic carbocycles. The zero-order valence-corrected chi connectivity index (χ0v) is 12.8. The molecule has 21 heavy (non-hydrogen) atoms. The van der Waals surface area contributed by atoms with Gasteiger partial charge in [0, 0.05) is 11.6 Å². The molecule has 0 aromatic heterocycles. The third-order valence-electron chi connectivity index (χ3n) is 3.68. The van der Waals surface area contributed by atoms with Crippen LogP contribution in [0.15, 0.2) is 35.6 Å². The summed E-state index contributed by atoms with van der Waals surface area (Å²) in [5.41, 5.74) is 2.55. The highest BCUT2D eigenvalue weighted by Gasteiger charge is 2.18. The van der Waals surface area contributed by atoms with Gasteiger partial charge in [0.25, 0.3) is 0 Å². The van der Waals surface area contributed by atoms with Crippen molar-refractivity contribution >= 4 is 5.97 Å². The van der Waals surface area contributed by atoms with Gasteiger partial charge in [-0.05, 0) is 43.4 Å². The van der Waals surface area contributed by atoms with Crippen molar-refractivity contribution < 1.29 is 19.4 Å². The van der Waals surface area contributed by atoms with Crippen LogP contribution in [0.1, 0.15) is 37.3 Å². The topological polar surface area (TPSA) is 55.8 Å². The molecule has 0 bridgehead atoms. The zero-order valence-electron chi connectivity index (χ0n) is 12.8. The molecule has 0 radical (unpaired) electrons. The van der Waals surface area contributed by atoms with Gasteiger partial charge in [0.1, 0.15) is 5.76 Å². The first kappa shape index (κ1) is 15.2. The number of aromatic hydroxyl groups is 1. The van der Waals surface area contributed by atoms with Crippen molar-refractivity contribution in [3.63, 3.8) is 0 Å². The quantitative estimate of drug-likeness (QED) is 0.860. The number of allylic oxidation sites excluding steroid dienone is 2. The number of methoxy groups -OCH3 is 1. The number of phenolic OH excluding ortho intramolecular Hbond substituents is 1. The van der Waals surface area contributed by atoms with Crippen molar-refractivity contribution in [1.29, 1.82) is 0 Å². The lowest BCUT2D eigenvalue weighted by Crippen LogP contribution is -1.98. The Hall–Kier alpha value is -2.23. The Kier molecular flexibility index (Phi) is 4.36. The van der Waals surface area contributed by atoms with Gasteiger partial charge >= 0.3 is 5.97 Å². The first-order valence-electron chi connectivity index (χ1n) is 6.91. The fourth-order valence-electron chi connectivity index (χ4n) is 2.42. The number of cyclic esters (lactones) is 1. The van der Waals surface area contributed by atoms with Gasteiger partial charge in [-0.25, -0.2) is 4.79 Å². The number of carbonyl (C=O) groups excluding carboxylic acids is 1. The van der Waals surface area contributed by atoms with Crippen LogP contribution in [0.2, 0.25) is 0 Å². The molecule has 2 rings (SSSR count). The summed E-state index contributed by atoms with van der Waals surface area (Å²) in [6, 6.07) is 3.83. The molecule has 1 aliphatic heterocycles. The van der Waals surface area contributed by atoms with Crippen LogP contribution in [0.4, 0.5) is 0 Å². The van der Waals surface area contributed by atoms with Crippen LogP contribution < -0.4 is 4.74 Å². The van der Waals surface area contributed by atoms with E-state index in [1.165, 1.54) is 6.08 Å². The van der Waals surface area contributed by atoms with Crippen LogP contribution >= 0.6 is 0 Å². The Morgan fingerprint density at radius 3 is 2.67 bits per heavy atom. The minimum Gasteiger partial charge on any atom is -0.504 e. The largest absolute Gasteiger partial charge is 0.504 e. The minimum absolute atomic E-state index is 0.0825. The third kappa shape index (κ3) is 3.10. The highest BCUT2D eigenvalue weighted by molar-refractivity contribution is 5.88. The van der Waals surface area contributed by atoms with Crippen LogP contribution in [0.25, 0.3) is 0 Å². The van der Waals surface area contributed by atoms with Gasteiger partial charge in [-0.3, -0.25) is 0 Å². The van der Waals surface area contributed by atoms with E-state index in [4.69, 9.17) is 9.47 Å². The number of rotatable bonds is 4. The summed E-state index contributed by atoms with van der Waals surface area (Å²) in [5, 5.41) is 10.3. The summed E-state index contributed by atoms with van der Waals surface area (Å²) >= 11 is 0. The average Bonchev–Trinajstić information content (AvgIpc) is 2.75. The first-order valence-corrected chi connectivity index (χ1v) is 6.91. The summed E-state index contributed by atoms with van der Waals surface area (Å²) < 4.78 is 10.3. The van der Waals surface area contributed by atoms with Gasteiger partial charge in [-0.2, -0.15) is 0 Å². The van der Waals surface area contributed by atoms with Gasteiger partial charge in [-0.1, -0.05) is 19.1 Å². The maximum atomic E-state index is 11.2. The SMILES string of the molecule is COc1c(C)ccc(C(C)C/C=C2/OC(=O)C=C2C)c1O. The lowest BCUT2D eigenvalue weighted by molar-refractivity contribution is -0.132. The molecule has 0 amide bonds. The van der Waals surface area contributed by atoms with Crippen LogP contribution in [-0.2, 0) is 9.53 Å². The van der Waals surface area contributed by atoms with E-state index in [2.05, 4.69) is 0 Å². The van der Waals surface area contributed by atoms with Gasteiger partial charge in [0.05, 0.1) is 7.11 Å². The number of benzene rings is 1. The third-order valence-corrected chi connectivity index (χ3v) is 3.68. The van der Waals surface area contributed by atoms with E-state index in [1.54, 1.807) is 7.11 Å². The standard InChI is InChI=1S/C17H20O4/c1-10(6-8-14-12(3)9-15(18)21-14)13-7-5-11(2)17(20-4)16(13)19/h5,7-10,19H,6H2,1-4H3/b14-8+. The number of hydrogen-bond donors (Lipinski definition) is 1. The van der Waals surface area contributed by atoms with Crippen molar-refractivity contribution in [2.75, 3.05) is 7.11 Å². The number of phenols is 1. The maximum Gasteiger partial charge on any atom is 0.336 e. The molecule has 1 N–H and O–H groups in total. The molecule has 0 saturated carbocycles. The highest BCUT2D eigenvalue weighted by Crippen LogP contribution is 2.38. The smallest absolute Gasteiger partial charge is 0.336 e. The van der Waals surface area contributed by atoms with Crippen LogP contribution in [-0.4, -0.2) is 18.2 Å². The monoisotopic (exact) mass is 288 g/mol. The Morgan fingerprint density at radius 2 is 2.10 bits per heavy atom. The van der Waals surface area contributed by atoms with Crippen LogP contribution in [0.5, 0.6) is 11.5 Å². The summed E-state index contributed by atoms with van der Waals surface area (Å²) in [5.74, 6) is 1.05. The van der Waals surface area contributed by atoms with Gasteiger partial charge < -0.3 is 14.6 Å². The maximum absolute atomic E-state index is 11.2. The summed E-state index contributed by atoms with van der Waals surface area (Å²) in [6.45, 7) is 5.74. The Balaban J connectivity index is 2.18. The summed E-state index contributed by atoms with van der Waals surface area (Å²) in [6.07, 6.45) is 4.02. The Morgan fingerprint density at radius 1 is 1.38 bits per heavy atom. The highest BCUT2D eigenvalue weighted by atomic mass is 16.5. The lowest BCUT2D eigenvalue weighted by atomic mass is 9.94. The molecule has 0 saturated heterocycles. The molecule has 1 heterocycles.